The van der Waals surface area contributed by atoms with E-state index in [0.29, 0.717) is 0 Å². The van der Waals surface area contributed by atoms with Crippen LogP contribution in [0, 0.1) is 0 Å². The zero-order valence-corrected chi connectivity index (χ0v) is 13.4. The second kappa shape index (κ2) is 9.86. The number of nitrogens with one attached hydrogen (secondary N) is 2. The summed E-state index contributed by atoms with van der Waals surface area (Å²) in [5, 5.41) is 5.03. The van der Waals surface area contributed by atoms with Gasteiger partial charge >= 0.3 is 0 Å². The molecule has 0 aromatic rings. The van der Waals surface area contributed by atoms with Gasteiger partial charge in [-0.15, -0.1) is 0 Å². The van der Waals surface area contributed by atoms with Crippen molar-refractivity contribution in [3.8, 4) is 0 Å². The lowest BCUT2D eigenvalue weighted by molar-refractivity contribution is -0.131. The number of hydrogen-bond acceptors (Lipinski definition) is 5. The summed E-state index contributed by atoms with van der Waals surface area (Å²) in [6, 6.07) is -1.51. The fourth-order valence-corrected chi connectivity index (χ4v) is 1.64. The summed E-state index contributed by atoms with van der Waals surface area (Å²) in [6.45, 7) is 8.58. The van der Waals surface area contributed by atoms with E-state index in [2.05, 4.69) is 17.2 Å². The third-order valence-corrected chi connectivity index (χ3v) is 3.07. The van der Waals surface area contributed by atoms with Crippen LogP contribution in [0.25, 0.3) is 0 Å². The summed E-state index contributed by atoms with van der Waals surface area (Å²) in [6.07, 6.45) is 3.31. The number of nitrogens with two attached hydrogens (primary N) is 2. The zero-order chi connectivity index (χ0) is 17.3. The maximum atomic E-state index is 12.3. The first kappa shape index (κ1) is 20.0. The van der Waals surface area contributed by atoms with E-state index in [0.717, 1.165) is 12.0 Å². The smallest absolute Gasteiger partial charge is 0.252 e. The quantitative estimate of drug-likeness (QED) is 0.344. The summed E-state index contributed by atoms with van der Waals surface area (Å²) >= 11 is 0. The molecule has 0 heterocycles. The highest BCUT2D eigenvalue weighted by Gasteiger charge is 2.24. The molecule has 6 N–H and O–H groups in total. The summed E-state index contributed by atoms with van der Waals surface area (Å²) in [5.74, 6) is -1.29. The molecule has 22 heavy (non-hydrogen) atoms. The Kier molecular flexibility index (Phi) is 8.97. The van der Waals surface area contributed by atoms with E-state index >= 15 is 0 Å². The van der Waals surface area contributed by atoms with Crippen LogP contribution in [-0.4, -0.2) is 35.8 Å². The number of carbonyl (C=O) groups is 3. The van der Waals surface area contributed by atoms with Crippen LogP contribution in [0.1, 0.15) is 33.6 Å². The van der Waals surface area contributed by atoms with Crippen LogP contribution in [0.4, 0.5) is 0 Å². The van der Waals surface area contributed by atoms with E-state index in [9.17, 15) is 14.4 Å². The third kappa shape index (κ3) is 7.14. The molecule has 2 atom stereocenters. The number of amides is 2. The van der Waals surface area contributed by atoms with Crippen molar-refractivity contribution in [2.75, 3.05) is 0 Å². The largest absolute Gasteiger partial charge is 0.345 e. The number of ketones is 1. The lowest BCUT2D eigenvalue weighted by atomic mass is 10.0. The van der Waals surface area contributed by atoms with Crippen LogP contribution in [0.5, 0.6) is 0 Å². The predicted octanol–water partition coefficient (Wildman–Crippen LogP) is -0.279. The minimum absolute atomic E-state index is 0.179. The van der Waals surface area contributed by atoms with E-state index in [1.54, 1.807) is 13.0 Å². The molecule has 0 saturated carbocycles. The van der Waals surface area contributed by atoms with E-state index in [-0.39, 0.29) is 12.2 Å². The molecule has 0 aliphatic carbocycles. The van der Waals surface area contributed by atoms with Crippen LogP contribution < -0.4 is 22.1 Å². The van der Waals surface area contributed by atoms with E-state index in [1.807, 2.05) is 13.0 Å². The van der Waals surface area contributed by atoms with Gasteiger partial charge in [-0.25, -0.2) is 0 Å². The highest BCUT2D eigenvalue weighted by Crippen LogP contribution is 2.09. The standard InChI is InChI=1S/C15H26N4O3/c1-5-7-11(6-2)8-12(19-15(22)13(16)17)14(21)18-9(3)10(4)20/h6-7,9,12-13H,2,5,8,16-17H2,1,3-4H3,(H,18,21)(H,19,22)/b11-7+/t9-,12-/m0/s1. The van der Waals surface area contributed by atoms with Gasteiger partial charge in [0, 0.05) is 6.42 Å². The maximum absolute atomic E-state index is 12.3. The minimum atomic E-state index is -1.22. The molecule has 0 aliphatic rings. The topological polar surface area (TPSA) is 127 Å². The molecular formula is C15H26N4O3. The van der Waals surface area contributed by atoms with Crippen LogP contribution in [-0.2, 0) is 14.4 Å². The second-order valence-electron chi connectivity index (χ2n) is 5.02. The first-order valence-electron chi connectivity index (χ1n) is 7.16. The van der Waals surface area contributed by atoms with Crippen molar-refractivity contribution in [2.45, 2.75) is 51.9 Å². The third-order valence-electron chi connectivity index (χ3n) is 3.07. The van der Waals surface area contributed by atoms with Gasteiger partial charge in [0.25, 0.3) is 5.91 Å². The van der Waals surface area contributed by atoms with Crippen molar-refractivity contribution in [3.63, 3.8) is 0 Å². The first-order chi connectivity index (χ1) is 10.2. The van der Waals surface area contributed by atoms with E-state index in [1.165, 1.54) is 6.92 Å². The SMILES string of the molecule is C=C/C(=C\CC)C[C@H](NC(=O)C(N)N)C(=O)N[C@@H](C)C(C)=O. The Morgan fingerprint density at radius 3 is 2.18 bits per heavy atom. The van der Waals surface area contributed by atoms with Gasteiger partial charge in [0.05, 0.1) is 6.04 Å². The highest BCUT2D eigenvalue weighted by molar-refractivity contribution is 5.92. The minimum Gasteiger partial charge on any atom is -0.345 e. The molecule has 0 spiro atoms. The van der Waals surface area contributed by atoms with Gasteiger partial charge in [-0.3, -0.25) is 14.4 Å². The number of rotatable bonds is 9. The van der Waals surface area contributed by atoms with Crippen molar-refractivity contribution in [1.29, 1.82) is 0 Å². The first-order valence-corrected chi connectivity index (χ1v) is 7.16. The number of hydrogen-bond donors (Lipinski definition) is 4. The molecule has 0 aromatic carbocycles. The highest BCUT2D eigenvalue weighted by atomic mass is 16.2. The monoisotopic (exact) mass is 310 g/mol. The molecule has 0 saturated heterocycles. The molecule has 7 heteroatoms. The lowest BCUT2D eigenvalue weighted by Crippen LogP contribution is -2.55. The van der Waals surface area contributed by atoms with Crippen molar-refractivity contribution in [1.82, 2.24) is 10.6 Å². The average molecular weight is 310 g/mol. The zero-order valence-electron chi connectivity index (χ0n) is 13.4. The van der Waals surface area contributed by atoms with Gasteiger partial charge in [0.15, 0.2) is 5.78 Å². The maximum Gasteiger partial charge on any atom is 0.252 e. The van der Waals surface area contributed by atoms with E-state index < -0.39 is 30.1 Å². The summed E-state index contributed by atoms with van der Waals surface area (Å²) < 4.78 is 0. The molecule has 2 amide bonds. The normalized spacial score (nSPS) is 14.2. The van der Waals surface area contributed by atoms with Gasteiger partial charge in [0.2, 0.25) is 5.91 Å². The molecule has 0 aromatic heterocycles. The lowest BCUT2D eigenvalue weighted by Gasteiger charge is -2.21. The Hall–Kier alpha value is -1.99. The Morgan fingerprint density at radius 1 is 1.18 bits per heavy atom. The van der Waals surface area contributed by atoms with Gasteiger partial charge < -0.3 is 22.1 Å². The van der Waals surface area contributed by atoms with Crippen molar-refractivity contribution in [3.05, 3.63) is 24.3 Å². The summed E-state index contributed by atoms with van der Waals surface area (Å²) in [7, 11) is 0. The average Bonchev–Trinajstić information content (AvgIpc) is 2.44. The van der Waals surface area contributed by atoms with Gasteiger partial charge in [-0.1, -0.05) is 31.2 Å². The van der Waals surface area contributed by atoms with Crippen LogP contribution in [0.15, 0.2) is 24.3 Å². The molecular weight excluding hydrogens is 284 g/mol. The van der Waals surface area contributed by atoms with Gasteiger partial charge in [-0.2, -0.15) is 0 Å². The predicted molar refractivity (Wildman–Crippen MR) is 85.6 cm³/mol. The molecule has 124 valence electrons. The number of carbonyl (C=O) groups excluding carboxylic acids is 3. The second-order valence-corrected chi connectivity index (χ2v) is 5.02. The summed E-state index contributed by atoms with van der Waals surface area (Å²) in [4.78, 5) is 35.1. The Balaban J connectivity index is 5.10. The van der Waals surface area contributed by atoms with Crippen molar-refractivity contribution >= 4 is 17.6 Å². The van der Waals surface area contributed by atoms with Crippen LogP contribution in [0.2, 0.25) is 0 Å². The molecule has 0 fully saturated rings. The Bertz CT molecular complexity index is 458. The van der Waals surface area contributed by atoms with Crippen molar-refractivity contribution in [2.24, 2.45) is 11.5 Å². The molecule has 7 nitrogen and oxygen atoms in total. The molecule has 0 rings (SSSR count). The molecule has 0 unspecified atom stereocenters. The Morgan fingerprint density at radius 2 is 1.77 bits per heavy atom. The van der Waals surface area contributed by atoms with Crippen LogP contribution in [0.3, 0.4) is 0 Å². The van der Waals surface area contributed by atoms with Gasteiger partial charge in [-0.05, 0) is 20.3 Å². The van der Waals surface area contributed by atoms with Crippen LogP contribution >= 0.6 is 0 Å². The van der Waals surface area contributed by atoms with E-state index in [4.69, 9.17) is 11.5 Å². The summed E-state index contributed by atoms with van der Waals surface area (Å²) in [5.41, 5.74) is 11.4. The fourth-order valence-electron chi connectivity index (χ4n) is 1.64. The van der Waals surface area contributed by atoms with Crippen molar-refractivity contribution < 1.29 is 14.4 Å². The molecule has 0 radical (unpaired) electrons. The molecule has 0 bridgehead atoms. The molecule has 0 aliphatic heterocycles. The fraction of sp³-hybridized carbons (Fsp3) is 0.533. The Labute approximate surface area is 131 Å². The number of Topliss-reactive ketones (excluding diaryl/α,β-unsaturated/α-hetero) is 1. The van der Waals surface area contributed by atoms with Gasteiger partial charge in [0.1, 0.15) is 12.2 Å². The number of allylic oxidation sites excluding steroid dienone is 2.